The lowest BCUT2D eigenvalue weighted by Crippen LogP contribution is -2.21. The Hall–Kier alpha value is -4.28. The number of amides is 2. The number of esters is 2. The second-order valence-electron chi connectivity index (χ2n) is 7.13. The van der Waals surface area contributed by atoms with Crippen molar-refractivity contribution < 1.29 is 33.6 Å². The van der Waals surface area contributed by atoms with E-state index < -0.39 is 29.4 Å². The number of benzene rings is 2. The number of nitro groups is 1. The zero-order valence-electron chi connectivity index (χ0n) is 18.6. The zero-order valence-corrected chi connectivity index (χ0v) is 18.6. The second kappa shape index (κ2) is 13.3. The minimum absolute atomic E-state index is 0.0331. The van der Waals surface area contributed by atoms with E-state index in [2.05, 4.69) is 10.6 Å². The normalized spacial score (nSPS) is 10.1. The van der Waals surface area contributed by atoms with Crippen LogP contribution in [0.25, 0.3) is 0 Å². The van der Waals surface area contributed by atoms with Gasteiger partial charge in [0.15, 0.2) is 6.61 Å². The van der Waals surface area contributed by atoms with Gasteiger partial charge in [-0.3, -0.25) is 24.5 Å². The summed E-state index contributed by atoms with van der Waals surface area (Å²) in [7, 11) is 0. The maximum absolute atomic E-state index is 11.9. The average Bonchev–Trinajstić information content (AvgIpc) is 2.82. The molecule has 2 amide bonds. The van der Waals surface area contributed by atoms with Gasteiger partial charge in [0.25, 0.3) is 11.6 Å². The fourth-order valence-corrected chi connectivity index (χ4v) is 2.67. The molecule has 0 aliphatic heterocycles. The fraction of sp³-hybridized carbons (Fsp3) is 0.304. The number of carbonyl (C=O) groups is 4. The summed E-state index contributed by atoms with van der Waals surface area (Å²) in [6.07, 6.45) is 0.893. The van der Waals surface area contributed by atoms with E-state index in [4.69, 9.17) is 9.47 Å². The number of hydrogen-bond acceptors (Lipinski definition) is 8. The van der Waals surface area contributed by atoms with E-state index in [1.807, 2.05) is 6.92 Å². The molecule has 0 aromatic heterocycles. The van der Waals surface area contributed by atoms with Gasteiger partial charge in [-0.1, -0.05) is 6.92 Å². The molecular formula is C23H25N3O8. The van der Waals surface area contributed by atoms with Crippen LogP contribution in [0.3, 0.4) is 0 Å². The molecule has 0 heterocycles. The molecule has 0 spiro atoms. The summed E-state index contributed by atoms with van der Waals surface area (Å²) in [6, 6.07) is 11.5. The summed E-state index contributed by atoms with van der Waals surface area (Å²) in [5, 5.41) is 15.7. The van der Waals surface area contributed by atoms with Gasteiger partial charge in [0.1, 0.15) is 0 Å². The largest absolute Gasteiger partial charge is 0.462 e. The molecule has 0 bridgehead atoms. The molecule has 11 nitrogen and oxygen atoms in total. The molecule has 0 aliphatic rings. The smallest absolute Gasteiger partial charge is 0.338 e. The van der Waals surface area contributed by atoms with Crippen molar-refractivity contribution in [3.63, 3.8) is 0 Å². The number of anilines is 2. The van der Waals surface area contributed by atoms with Gasteiger partial charge < -0.3 is 20.1 Å². The molecule has 2 rings (SSSR count). The van der Waals surface area contributed by atoms with Crippen molar-refractivity contribution in [1.82, 2.24) is 0 Å². The number of nitrogens with zero attached hydrogens (tertiary/aromatic N) is 1. The SMILES string of the molecule is CCCOC(=O)c1ccc(NC(=O)COC(=O)CCCC(=O)Nc2ccc([N+](=O)[O-])cc2)cc1. The Bertz CT molecular complexity index is 1020. The Morgan fingerprint density at radius 2 is 1.44 bits per heavy atom. The van der Waals surface area contributed by atoms with Crippen LogP contribution in [0, 0.1) is 10.1 Å². The van der Waals surface area contributed by atoms with Crippen molar-refractivity contribution in [2.24, 2.45) is 0 Å². The molecule has 2 aromatic rings. The van der Waals surface area contributed by atoms with Crippen molar-refractivity contribution in [2.45, 2.75) is 32.6 Å². The third-order valence-corrected chi connectivity index (χ3v) is 4.35. The van der Waals surface area contributed by atoms with Gasteiger partial charge in [-0.05, 0) is 49.2 Å². The molecule has 2 N–H and O–H groups in total. The Kier molecular flexibility index (Phi) is 10.2. The molecule has 0 saturated carbocycles. The topological polar surface area (TPSA) is 154 Å². The number of carbonyl (C=O) groups excluding carboxylic acids is 4. The van der Waals surface area contributed by atoms with Crippen molar-refractivity contribution in [3.8, 4) is 0 Å². The maximum Gasteiger partial charge on any atom is 0.338 e. The van der Waals surface area contributed by atoms with E-state index in [-0.39, 0.29) is 30.9 Å². The summed E-state index contributed by atoms with van der Waals surface area (Å²) in [5.74, 6) is -1.99. The van der Waals surface area contributed by atoms with Crippen LogP contribution >= 0.6 is 0 Å². The Morgan fingerprint density at radius 3 is 2.03 bits per heavy atom. The van der Waals surface area contributed by atoms with E-state index in [1.165, 1.54) is 48.5 Å². The van der Waals surface area contributed by atoms with Crippen molar-refractivity contribution in [2.75, 3.05) is 23.8 Å². The molecule has 0 radical (unpaired) electrons. The Labute approximate surface area is 195 Å². The van der Waals surface area contributed by atoms with Gasteiger partial charge in [-0.2, -0.15) is 0 Å². The summed E-state index contributed by atoms with van der Waals surface area (Å²) >= 11 is 0. The van der Waals surface area contributed by atoms with Crippen LogP contribution in [0.2, 0.25) is 0 Å². The molecule has 0 atom stereocenters. The fourth-order valence-electron chi connectivity index (χ4n) is 2.67. The molecule has 0 unspecified atom stereocenters. The summed E-state index contributed by atoms with van der Waals surface area (Å²) in [5.41, 5.74) is 1.10. The molecule has 2 aromatic carbocycles. The second-order valence-corrected chi connectivity index (χ2v) is 7.13. The lowest BCUT2D eigenvalue weighted by molar-refractivity contribution is -0.384. The number of non-ortho nitro benzene ring substituents is 1. The van der Waals surface area contributed by atoms with Gasteiger partial charge in [-0.15, -0.1) is 0 Å². The summed E-state index contributed by atoms with van der Waals surface area (Å²) in [4.78, 5) is 57.5. The highest BCUT2D eigenvalue weighted by Crippen LogP contribution is 2.16. The number of nitro benzene ring substituents is 1. The molecule has 34 heavy (non-hydrogen) atoms. The first kappa shape index (κ1) is 26.0. The molecule has 0 aliphatic carbocycles. The van der Waals surface area contributed by atoms with E-state index in [9.17, 15) is 29.3 Å². The van der Waals surface area contributed by atoms with Gasteiger partial charge in [0.05, 0.1) is 17.1 Å². The quantitative estimate of drug-likeness (QED) is 0.271. The van der Waals surface area contributed by atoms with Gasteiger partial charge in [0, 0.05) is 36.3 Å². The van der Waals surface area contributed by atoms with E-state index >= 15 is 0 Å². The van der Waals surface area contributed by atoms with Crippen molar-refractivity contribution >= 4 is 40.8 Å². The molecule has 0 fully saturated rings. The highest BCUT2D eigenvalue weighted by atomic mass is 16.6. The minimum atomic E-state index is -0.632. The first-order chi connectivity index (χ1) is 16.3. The highest BCUT2D eigenvalue weighted by Gasteiger charge is 2.11. The van der Waals surface area contributed by atoms with Crippen molar-refractivity contribution in [3.05, 3.63) is 64.2 Å². The standard InChI is InChI=1S/C23H25N3O8/c1-2-14-33-23(30)16-6-8-17(9-7-16)25-21(28)15-34-22(29)5-3-4-20(27)24-18-10-12-19(13-11-18)26(31)32/h6-13H,2-5,14-15H2,1H3,(H,24,27)(H,25,28). The average molecular weight is 471 g/mol. The molecule has 11 heteroatoms. The molecular weight excluding hydrogens is 446 g/mol. The number of hydrogen-bond donors (Lipinski definition) is 2. The number of ether oxygens (including phenoxy) is 2. The van der Waals surface area contributed by atoms with Crippen LogP contribution in [0.1, 0.15) is 43.0 Å². The first-order valence-corrected chi connectivity index (χ1v) is 10.6. The van der Waals surface area contributed by atoms with Crippen molar-refractivity contribution in [1.29, 1.82) is 0 Å². The molecule has 0 saturated heterocycles. The maximum atomic E-state index is 11.9. The zero-order chi connectivity index (χ0) is 24.9. The highest BCUT2D eigenvalue weighted by molar-refractivity contribution is 5.94. The molecule has 180 valence electrons. The van der Waals surface area contributed by atoms with E-state index in [1.54, 1.807) is 0 Å². The predicted octanol–water partition coefficient (Wildman–Crippen LogP) is 3.45. The third-order valence-electron chi connectivity index (χ3n) is 4.35. The predicted molar refractivity (Wildman–Crippen MR) is 122 cm³/mol. The van der Waals surface area contributed by atoms with Crippen LogP contribution in [-0.2, 0) is 23.9 Å². The van der Waals surface area contributed by atoms with Crippen LogP contribution in [-0.4, -0.2) is 41.9 Å². The Morgan fingerprint density at radius 1 is 0.853 bits per heavy atom. The Balaban J connectivity index is 1.64. The summed E-state index contributed by atoms with van der Waals surface area (Å²) in [6.45, 7) is 1.72. The van der Waals surface area contributed by atoms with Crippen LogP contribution in [0.4, 0.5) is 17.1 Å². The summed E-state index contributed by atoms with van der Waals surface area (Å²) < 4.78 is 9.92. The number of nitrogens with one attached hydrogen (secondary N) is 2. The van der Waals surface area contributed by atoms with E-state index in [0.29, 0.717) is 30.0 Å². The lowest BCUT2D eigenvalue weighted by atomic mass is 10.2. The van der Waals surface area contributed by atoms with E-state index in [0.717, 1.165) is 0 Å². The van der Waals surface area contributed by atoms with Crippen LogP contribution in [0.5, 0.6) is 0 Å². The third kappa shape index (κ3) is 9.07. The van der Waals surface area contributed by atoms with Gasteiger partial charge in [-0.25, -0.2) is 4.79 Å². The minimum Gasteiger partial charge on any atom is -0.462 e. The van der Waals surface area contributed by atoms with Crippen LogP contribution in [0.15, 0.2) is 48.5 Å². The van der Waals surface area contributed by atoms with Gasteiger partial charge >= 0.3 is 11.9 Å². The van der Waals surface area contributed by atoms with Gasteiger partial charge in [0.2, 0.25) is 5.91 Å². The monoisotopic (exact) mass is 471 g/mol. The number of rotatable bonds is 12. The van der Waals surface area contributed by atoms with Crippen LogP contribution < -0.4 is 10.6 Å². The lowest BCUT2D eigenvalue weighted by Gasteiger charge is -2.08. The first-order valence-electron chi connectivity index (χ1n) is 10.6.